The monoisotopic (exact) mass is 258 g/mol. The standard InChI is InChI=1S/C14H18N4O/c15-8-10-4-5-12(11(7-10)9-16)18-6-2-1-3-13(18)14(17)19/h4-5,7,13H,1-3,6,8,15H2,(H2,17,19). The quantitative estimate of drug-likeness (QED) is 0.840. The van der Waals surface area contributed by atoms with Crippen LogP contribution in [0.4, 0.5) is 5.69 Å². The van der Waals surface area contributed by atoms with E-state index in [2.05, 4.69) is 6.07 Å². The zero-order chi connectivity index (χ0) is 13.8. The smallest absolute Gasteiger partial charge is 0.240 e. The summed E-state index contributed by atoms with van der Waals surface area (Å²) in [5, 5.41) is 9.26. The Labute approximate surface area is 112 Å². The molecule has 1 aliphatic rings. The van der Waals surface area contributed by atoms with Crippen molar-refractivity contribution in [3.8, 4) is 6.07 Å². The minimum Gasteiger partial charge on any atom is -0.368 e. The van der Waals surface area contributed by atoms with Crippen molar-refractivity contribution in [1.82, 2.24) is 0 Å². The SMILES string of the molecule is N#Cc1cc(CN)ccc1N1CCCCC1C(N)=O. The number of hydrogen-bond donors (Lipinski definition) is 2. The summed E-state index contributed by atoms with van der Waals surface area (Å²) in [6.07, 6.45) is 2.75. The van der Waals surface area contributed by atoms with Crippen LogP contribution in [0.2, 0.25) is 0 Å². The molecule has 100 valence electrons. The molecule has 0 spiro atoms. The number of rotatable bonds is 3. The summed E-state index contributed by atoms with van der Waals surface area (Å²) in [7, 11) is 0. The van der Waals surface area contributed by atoms with Crippen molar-refractivity contribution in [2.24, 2.45) is 11.5 Å². The summed E-state index contributed by atoms with van der Waals surface area (Å²) < 4.78 is 0. The molecule has 1 fully saturated rings. The average molecular weight is 258 g/mol. The minimum absolute atomic E-state index is 0.315. The summed E-state index contributed by atoms with van der Waals surface area (Å²) in [4.78, 5) is 13.5. The van der Waals surface area contributed by atoms with Gasteiger partial charge in [-0.1, -0.05) is 6.07 Å². The van der Waals surface area contributed by atoms with Crippen molar-refractivity contribution < 1.29 is 4.79 Å². The van der Waals surface area contributed by atoms with Crippen molar-refractivity contribution >= 4 is 11.6 Å². The highest BCUT2D eigenvalue weighted by Crippen LogP contribution is 2.28. The molecular formula is C14H18N4O. The Morgan fingerprint density at radius 1 is 1.47 bits per heavy atom. The lowest BCUT2D eigenvalue weighted by molar-refractivity contribution is -0.119. The van der Waals surface area contributed by atoms with Gasteiger partial charge < -0.3 is 16.4 Å². The van der Waals surface area contributed by atoms with E-state index in [1.165, 1.54) is 0 Å². The lowest BCUT2D eigenvalue weighted by Gasteiger charge is -2.36. The van der Waals surface area contributed by atoms with Crippen LogP contribution in [0, 0.1) is 11.3 Å². The molecule has 0 saturated carbocycles. The molecule has 1 aliphatic heterocycles. The predicted octanol–water partition coefficient (Wildman–Crippen LogP) is 0.861. The van der Waals surface area contributed by atoms with Gasteiger partial charge in [-0.25, -0.2) is 0 Å². The molecule has 1 heterocycles. The van der Waals surface area contributed by atoms with Gasteiger partial charge in [-0.2, -0.15) is 5.26 Å². The predicted molar refractivity (Wildman–Crippen MR) is 73.2 cm³/mol. The molecule has 1 atom stereocenters. The number of benzene rings is 1. The van der Waals surface area contributed by atoms with Gasteiger partial charge >= 0.3 is 0 Å². The third kappa shape index (κ3) is 2.69. The molecule has 2 rings (SSSR count). The van der Waals surface area contributed by atoms with E-state index in [9.17, 15) is 10.1 Å². The minimum atomic E-state index is -0.327. The van der Waals surface area contributed by atoms with Crippen molar-refractivity contribution in [2.45, 2.75) is 31.8 Å². The second-order valence-electron chi connectivity index (χ2n) is 4.77. The number of piperidine rings is 1. The van der Waals surface area contributed by atoms with Crippen LogP contribution in [-0.4, -0.2) is 18.5 Å². The van der Waals surface area contributed by atoms with Crippen molar-refractivity contribution in [3.05, 3.63) is 29.3 Å². The molecule has 1 aromatic carbocycles. The summed E-state index contributed by atoms with van der Waals surface area (Å²) >= 11 is 0. The molecular weight excluding hydrogens is 240 g/mol. The Bertz CT molecular complexity index is 521. The number of anilines is 1. The van der Waals surface area contributed by atoms with Crippen LogP contribution >= 0.6 is 0 Å². The number of primary amides is 1. The molecule has 0 aliphatic carbocycles. The van der Waals surface area contributed by atoms with Crippen LogP contribution in [0.15, 0.2) is 18.2 Å². The molecule has 1 unspecified atom stereocenters. The number of amides is 1. The zero-order valence-corrected chi connectivity index (χ0v) is 10.8. The molecule has 1 amide bonds. The Balaban J connectivity index is 2.39. The van der Waals surface area contributed by atoms with Gasteiger partial charge in [-0.05, 0) is 37.0 Å². The van der Waals surface area contributed by atoms with Crippen LogP contribution in [0.3, 0.4) is 0 Å². The van der Waals surface area contributed by atoms with Gasteiger partial charge in [-0.3, -0.25) is 4.79 Å². The number of carbonyl (C=O) groups excluding carboxylic acids is 1. The van der Waals surface area contributed by atoms with Crippen LogP contribution in [0.5, 0.6) is 0 Å². The Hall–Kier alpha value is -2.06. The number of hydrogen-bond acceptors (Lipinski definition) is 4. The van der Waals surface area contributed by atoms with Gasteiger partial charge in [0, 0.05) is 13.1 Å². The van der Waals surface area contributed by atoms with E-state index in [0.717, 1.165) is 37.1 Å². The van der Waals surface area contributed by atoms with E-state index in [1.807, 2.05) is 17.0 Å². The lowest BCUT2D eigenvalue weighted by Crippen LogP contribution is -2.48. The maximum Gasteiger partial charge on any atom is 0.240 e. The first kappa shape index (κ1) is 13.4. The number of nitrogens with two attached hydrogens (primary N) is 2. The van der Waals surface area contributed by atoms with Gasteiger partial charge in [-0.15, -0.1) is 0 Å². The summed E-state index contributed by atoms with van der Waals surface area (Å²) in [6.45, 7) is 1.15. The Kier molecular flexibility index (Phi) is 4.03. The first-order valence-electron chi connectivity index (χ1n) is 6.46. The first-order chi connectivity index (χ1) is 9.17. The van der Waals surface area contributed by atoms with Gasteiger partial charge in [0.2, 0.25) is 5.91 Å². The van der Waals surface area contributed by atoms with Crippen LogP contribution < -0.4 is 16.4 Å². The first-order valence-corrected chi connectivity index (χ1v) is 6.46. The van der Waals surface area contributed by atoms with Crippen LogP contribution in [0.25, 0.3) is 0 Å². The maximum absolute atomic E-state index is 11.5. The highest BCUT2D eigenvalue weighted by atomic mass is 16.1. The van der Waals surface area contributed by atoms with E-state index < -0.39 is 0 Å². The van der Waals surface area contributed by atoms with Gasteiger partial charge in [0.15, 0.2) is 0 Å². The van der Waals surface area contributed by atoms with E-state index in [-0.39, 0.29) is 11.9 Å². The van der Waals surface area contributed by atoms with E-state index >= 15 is 0 Å². The fourth-order valence-corrected chi connectivity index (χ4v) is 2.57. The molecule has 0 aromatic heterocycles. The Morgan fingerprint density at radius 2 is 2.26 bits per heavy atom. The highest BCUT2D eigenvalue weighted by Gasteiger charge is 2.28. The summed E-state index contributed by atoms with van der Waals surface area (Å²) in [5.41, 5.74) is 13.3. The van der Waals surface area contributed by atoms with Crippen LogP contribution in [-0.2, 0) is 11.3 Å². The van der Waals surface area contributed by atoms with Crippen molar-refractivity contribution in [3.63, 3.8) is 0 Å². The van der Waals surface area contributed by atoms with Crippen LogP contribution in [0.1, 0.15) is 30.4 Å². The second kappa shape index (κ2) is 5.72. The third-order valence-corrected chi connectivity index (χ3v) is 3.56. The fraction of sp³-hybridized carbons (Fsp3) is 0.429. The normalized spacial score (nSPS) is 18.9. The average Bonchev–Trinajstić information content (AvgIpc) is 2.46. The second-order valence-corrected chi connectivity index (χ2v) is 4.77. The van der Waals surface area contributed by atoms with Gasteiger partial charge in [0.05, 0.1) is 11.3 Å². The molecule has 1 aromatic rings. The van der Waals surface area contributed by atoms with E-state index in [0.29, 0.717) is 12.1 Å². The fourth-order valence-electron chi connectivity index (χ4n) is 2.57. The molecule has 1 saturated heterocycles. The number of nitrogens with zero attached hydrogens (tertiary/aromatic N) is 2. The number of nitriles is 1. The molecule has 5 nitrogen and oxygen atoms in total. The summed E-state index contributed by atoms with van der Waals surface area (Å²) in [5.74, 6) is -0.327. The molecule has 0 radical (unpaired) electrons. The lowest BCUT2D eigenvalue weighted by atomic mass is 9.98. The van der Waals surface area contributed by atoms with E-state index in [4.69, 9.17) is 11.5 Å². The number of carbonyl (C=O) groups is 1. The van der Waals surface area contributed by atoms with Gasteiger partial charge in [0.25, 0.3) is 0 Å². The molecule has 4 N–H and O–H groups in total. The molecule has 19 heavy (non-hydrogen) atoms. The largest absolute Gasteiger partial charge is 0.368 e. The molecule has 5 heteroatoms. The Morgan fingerprint density at radius 3 is 2.89 bits per heavy atom. The van der Waals surface area contributed by atoms with E-state index in [1.54, 1.807) is 6.07 Å². The third-order valence-electron chi connectivity index (χ3n) is 3.56. The molecule has 0 bridgehead atoms. The summed E-state index contributed by atoms with van der Waals surface area (Å²) in [6, 6.07) is 7.40. The zero-order valence-electron chi connectivity index (χ0n) is 10.8. The highest BCUT2D eigenvalue weighted by molar-refractivity contribution is 5.84. The maximum atomic E-state index is 11.5. The van der Waals surface area contributed by atoms with Gasteiger partial charge in [0.1, 0.15) is 12.1 Å². The topological polar surface area (TPSA) is 96.1 Å². The van der Waals surface area contributed by atoms with Crippen molar-refractivity contribution in [2.75, 3.05) is 11.4 Å². The van der Waals surface area contributed by atoms with Crippen molar-refractivity contribution in [1.29, 1.82) is 5.26 Å².